The Kier molecular flexibility index (Phi) is 7.62. The molecule has 176 valence electrons. The number of rotatable bonds is 7. The van der Waals surface area contributed by atoms with Gasteiger partial charge in [0, 0.05) is 37.9 Å². The van der Waals surface area contributed by atoms with Crippen LogP contribution in [0.15, 0.2) is 54.6 Å². The second kappa shape index (κ2) is 10.8. The Labute approximate surface area is 196 Å². The molecule has 2 heterocycles. The van der Waals surface area contributed by atoms with Crippen LogP contribution in [0, 0.1) is 11.8 Å². The quantitative estimate of drug-likeness (QED) is 0.679. The van der Waals surface area contributed by atoms with Gasteiger partial charge in [-0.2, -0.15) is 0 Å². The maximum atomic E-state index is 13.4. The predicted molar refractivity (Wildman–Crippen MR) is 129 cm³/mol. The average molecular weight is 451 g/mol. The van der Waals surface area contributed by atoms with Crippen molar-refractivity contribution in [2.45, 2.75) is 32.2 Å². The zero-order valence-corrected chi connectivity index (χ0v) is 19.5. The molecule has 0 saturated carbocycles. The summed E-state index contributed by atoms with van der Waals surface area (Å²) in [5.74, 6) is 1.35. The van der Waals surface area contributed by atoms with E-state index in [0.717, 1.165) is 42.9 Å². The molecule has 2 N–H and O–H groups in total. The number of benzene rings is 2. The van der Waals surface area contributed by atoms with E-state index in [0.29, 0.717) is 25.4 Å². The first-order chi connectivity index (χ1) is 16.1. The van der Waals surface area contributed by atoms with Crippen LogP contribution in [0.5, 0.6) is 5.75 Å². The van der Waals surface area contributed by atoms with Crippen molar-refractivity contribution in [1.82, 2.24) is 15.8 Å². The summed E-state index contributed by atoms with van der Waals surface area (Å²) in [6.45, 7) is 4.75. The van der Waals surface area contributed by atoms with E-state index in [4.69, 9.17) is 4.74 Å². The fraction of sp³-hybridized carbons (Fsp3) is 0.462. The Hall–Kier alpha value is -2.90. The zero-order chi connectivity index (χ0) is 23.2. The number of para-hydroxylation sites is 1. The maximum absolute atomic E-state index is 13.4. The molecule has 0 spiro atoms. The van der Waals surface area contributed by atoms with Crippen LogP contribution in [0.1, 0.15) is 25.3 Å². The van der Waals surface area contributed by atoms with E-state index >= 15 is 0 Å². The Morgan fingerprint density at radius 3 is 2.39 bits per heavy atom. The van der Waals surface area contributed by atoms with Crippen LogP contribution >= 0.6 is 0 Å². The molecule has 2 aromatic rings. The van der Waals surface area contributed by atoms with Crippen LogP contribution in [-0.2, 0) is 16.0 Å². The van der Waals surface area contributed by atoms with Gasteiger partial charge in [0.05, 0.1) is 19.4 Å². The number of methoxy groups -OCH3 is 1. The Morgan fingerprint density at radius 1 is 1.06 bits per heavy atom. The number of carbonyl (C=O) groups is 2. The first-order valence-electron chi connectivity index (χ1n) is 11.9. The minimum atomic E-state index is -0.114. The first-order valence-corrected chi connectivity index (χ1v) is 11.9. The van der Waals surface area contributed by atoms with E-state index in [-0.39, 0.29) is 23.8 Å². The largest absolute Gasteiger partial charge is 0.497 e. The predicted octanol–water partition coefficient (Wildman–Crippen LogP) is 2.62. The van der Waals surface area contributed by atoms with Crippen LogP contribution in [0.2, 0.25) is 0 Å². The van der Waals surface area contributed by atoms with Crippen LogP contribution in [0.25, 0.3) is 0 Å². The molecule has 2 aliphatic rings. The molecule has 2 saturated heterocycles. The van der Waals surface area contributed by atoms with E-state index in [1.54, 1.807) is 7.11 Å². The van der Waals surface area contributed by atoms with Gasteiger partial charge in [0.15, 0.2) is 0 Å². The number of likely N-dealkylation sites (tertiary alicyclic amines) is 1. The topological polar surface area (TPSA) is 73.9 Å². The molecule has 2 amide bonds. The van der Waals surface area contributed by atoms with E-state index in [1.807, 2.05) is 71.3 Å². The highest BCUT2D eigenvalue weighted by molar-refractivity contribution is 5.95. The average Bonchev–Trinajstić information content (AvgIpc) is 3.36. The molecule has 2 fully saturated rings. The van der Waals surface area contributed by atoms with Crippen LogP contribution in [0.3, 0.4) is 0 Å². The number of nitrogens with one attached hydrogen (secondary N) is 2. The second-order valence-corrected chi connectivity index (χ2v) is 8.82. The highest BCUT2D eigenvalue weighted by atomic mass is 16.5. The number of hydrazine groups is 1. The van der Waals surface area contributed by atoms with Gasteiger partial charge < -0.3 is 14.5 Å². The van der Waals surface area contributed by atoms with Crippen molar-refractivity contribution in [2.75, 3.05) is 38.2 Å². The van der Waals surface area contributed by atoms with E-state index in [1.165, 1.54) is 0 Å². The summed E-state index contributed by atoms with van der Waals surface area (Å²) in [5, 5.41) is 0. The normalized spacial score (nSPS) is 21.1. The van der Waals surface area contributed by atoms with Gasteiger partial charge in [-0.05, 0) is 55.5 Å². The second-order valence-electron chi connectivity index (χ2n) is 8.82. The number of carbonyl (C=O) groups excluding carboxylic acids is 2. The number of hydrogen-bond donors (Lipinski definition) is 2. The lowest BCUT2D eigenvalue weighted by molar-refractivity contribution is -0.132. The van der Waals surface area contributed by atoms with E-state index in [2.05, 4.69) is 10.9 Å². The minimum absolute atomic E-state index is 0.0779. The SMILES string of the molecule is CCN(C(=O)C1CNNC1C1CCN(C(=O)Cc2ccc(OC)cc2)CC1)c1ccccc1. The number of amides is 2. The smallest absolute Gasteiger partial charge is 0.233 e. The Morgan fingerprint density at radius 2 is 1.76 bits per heavy atom. The van der Waals surface area contributed by atoms with Gasteiger partial charge in [-0.3, -0.25) is 20.4 Å². The van der Waals surface area contributed by atoms with Gasteiger partial charge in [0.1, 0.15) is 5.75 Å². The van der Waals surface area contributed by atoms with Crippen molar-refractivity contribution in [3.05, 3.63) is 60.2 Å². The Bertz CT molecular complexity index is 926. The monoisotopic (exact) mass is 450 g/mol. The molecule has 2 aliphatic heterocycles. The first kappa shape index (κ1) is 23.3. The summed E-state index contributed by atoms with van der Waals surface area (Å²) < 4.78 is 5.19. The third-order valence-electron chi connectivity index (χ3n) is 6.91. The number of anilines is 1. The molecule has 7 heteroatoms. The standard InChI is InChI=1S/C26H34N4O3/c1-3-30(21-7-5-4-6-8-21)26(32)23-18-27-28-25(23)20-13-15-29(16-14-20)24(31)17-19-9-11-22(33-2)12-10-19/h4-12,20,23,25,27-28H,3,13-18H2,1-2H3. The van der Waals surface area contributed by atoms with Crippen molar-refractivity contribution < 1.29 is 14.3 Å². The third-order valence-corrected chi connectivity index (χ3v) is 6.91. The zero-order valence-electron chi connectivity index (χ0n) is 19.5. The molecule has 33 heavy (non-hydrogen) atoms. The van der Waals surface area contributed by atoms with Gasteiger partial charge in [-0.25, -0.2) is 0 Å². The minimum Gasteiger partial charge on any atom is -0.497 e. The van der Waals surface area contributed by atoms with E-state index < -0.39 is 0 Å². The summed E-state index contributed by atoms with van der Waals surface area (Å²) in [5.41, 5.74) is 8.52. The fourth-order valence-electron chi connectivity index (χ4n) is 5.01. The maximum Gasteiger partial charge on any atom is 0.233 e. The molecule has 2 unspecified atom stereocenters. The van der Waals surface area contributed by atoms with Crippen molar-refractivity contribution in [3.63, 3.8) is 0 Å². The summed E-state index contributed by atoms with van der Waals surface area (Å²) >= 11 is 0. The molecule has 7 nitrogen and oxygen atoms in total. The molecule has 2 aromatic carbocycles. The van der Waals surface area contributed by atoms with Gasteiger partial charge in [-0.15, -0.1) is 0 Å². The van der Waals surface area contributed by atoms with Crippen molar-refractivity contribution in [2.24, 2.45) is 11.8 Å². The molecular formula is C26H34N4O3. The van der Waals surface area contributed by atoms with Gasteiger partial charge in [0.2, 0.25) is 11.8 Å². The van der Waals surface area contributed by atoms with Crippen LogP contribution in [-0.4, -0.2) is 56.0 Å². The molecule has 2 atom stereocenters. The van der Waals surface area contributed by atoms with E-state index in [9.17, 15) is 9.59 Å². The third kappa shape index (κ3) is 5.37. The lowest BCUT2D eigenvalue weighted by Crippen LogP contribution is -2.49. The lowest BCUT2D eigenvalue weighted by Gasteiger charge is -2.37. The highest BCUT2D eigenvalue weighted by Crippen LogP contribution is 2.29. The van der Waals surface area contributed by atoms with Gasteiger partial charge in [-0.1, -0.05) is 30.3 Å². The van der Waals surface area contributed by atoms with Crippen molar-refractivity contribution in [3.8, 4) is 5.75 Å². The number of ether oxygens (including phenoxy) is 1. The van der Waals surface area contributed by atoms with Crippen molar-refractivity contribution in [1.29, 1.82) is 0 Å². The summed E-state index contributed by atoms with van der Waals surface area (Å²) in [6, 6.07) is 17.6. The molecule has 0 bridgehead atoms. The van der Waals surface area contributed by atoms with Crippen LogP contribution < -0.4 is 20.5 Å². The number of hydrogen-bond acceptors (Lipinski definition) is 5. The molecular weight excluding hydrogens is 416 g/mol. The van der Waals surface area contributed by atoms with Gasteiger partial charge >= 0.3 is 0 Å². The van der Waals surface area contributed by atoms with Crippen LogP contribution in [0.4, 0.5) is 5.69 Å². The summed E-state index contributed by atoms with van der Waals surface area (Å²) in [6.07, 6.45) is 2.20. The Balaban J connectivity index is 1.33. The molecule has 0 aliphatic carbocycles. The number of piperidine rings is 1. The number of nitrogens with zero attached hydrogens (tertiary/aromatic N) is 2. The lowest BCUT2D eigenvalue weighted by atomic mass is 9.82. The highest BCUT2D eigenvalue weighted by Gasteiger charge is 2.41. The van der Waals surface area contributed by atoms with Gasteiger partial charge in [0.25, 0.3) is 0 Å². The molecule has 4 rings (SSSR count). The summed E-state index contributed by atoms with van der Waals surface area (Å²) in [7, 11) is 1.64. The fourth-order valence-corrected chi connectivity index (χ4v) is 5.01. The molecule has 0 radical (unpaired) electrons. The summed E-state index contributed by atoms with van der Waals surface area (Å²) in [4.78, 5) is 30.1. The molecule has 0 aromatic heterocycles. The van der Waals surface area contributed by atoms with Crippen molar-refractivity contribution >= 4 is 17.5 Å².